The van der Waals surface area contributed by atoms with Crippen LogP contribution in [-0.4, -0.2) is 308 Å². The van der Waals surface area contributed by atoms with E-state index in [1.165, 1.54) is 81.1 Å². The van der Waals surface area contributed by atoms with Crippen LogP contribution in [0.1, 0.15) is 176 Å². The summed E-state index contributed by atoms with van der Waals surface area (Å²) in [6.07, 6.45) is -3.59. The lowest BCUT2D eigenvalue weighted by molar-refractivity contribution is -0.144. The zero-order valence-corrected chi connectivity index (χ0v) is 82.0. The Morgan fingerprint density at radius 1 is 0.404 bits per heavy atom. The van der Waals surface area contributed by atoms with Crippen molar-refractivity contribution in [1.29, 1.82) is 0 Å². The number of nitrogens with zero attached hydrogens (tertiary/aromatic N) is 5. The molecule has 141 heavy (non-hydrogen) atoms. The molecular weight excluding hydrogens is 1860 g/mol. The molecule has 18 atom stereocenters. The SMILES string of the molecule is CC[C@H](C)[C@H](NC(=O)[C@H](Cc1ccc(O)cc1)NC(=O)[C@H](CCCN=C(N)N)NC(=O)[C@H](CCCN=C(N)N)NC(=O)[C@H](CC(C)C)NC(=O)[C@H](CC(=O)O)NC(=O)[C@H](C)NC(=O)[C@H](C)N)C(=O)N[C@@H](CC(N)=O)C(=O)N[C@@H](CCSC)C(=O)N[C@@H](CC(C)C)C(=O)N[C@H](C(=O)N[C@@H](CCCN=C(N)N)C(=O)N1CCC[C@H]1C(=O)N[C@@H](CCCN=C(N)N)C(=O)N[C@@H](Cc1ccc(O)cc1)C(=O)O)[C@@H](C)O. The number of carbonyl (C=O) groups is 18. The van der Waals surface area contributed by atoms with Gasteiger partial charge in [0.1, 0.15) is 102 Å². The molecule has 2 aromatic rings. The largest absolute Gasteiger partial charge is 0.508 e. The highest BCUT2D eigenvalue weighted by molar-refractivity contribution is 7.98. The summed E-state index contributed by atoms with van der Waals surface area (Å²) in [5, 5.41) is 86.7. The summed E-state index contributed by atoms with van der Waals surface area (Å²) >= 11 is 1.22. The summed E-state index contributed by atoms with van der Waals surface area (Å²) in [5.41, 5.74) is 56.8. The van der Waals surface area contributed by atoms with E-state index in [0.29, 0.717) is 11.1 Å². The Balaban J connectivity index is 2.05. The predicted molar refractivity (Wildman–Crippen MR) is 521 cm³/mol. The van der Waals surface area contributed by atoms with E-state index in [2.05, 4.69) is 94.4 Å². The molecule has 1 heterocycles. The average molecular weight is 2010 g/mol. The van der Waals surface area contributed by atoms with Crippen molar-refractivity contribution < 1.29 is 112 Å². The van der Waals surface area contributed by atoms with Crippen molar-refractivity contribution in [1.82, 2.24) is 79.3 Å². The van der Waals surface area contributed by atoms with Gasteiger partial charge in [-0.2, -0.15) is 11.8 Å². The quantitative estimate of drug-likeness (QED) is 0.0166. The third-order valence-corrected chi connectivity index (χ3v) is 22.8. The Morgan fingerprint density at radius 2 is 0.745 bits per heavy atom. The van der Waals surface area contributed by atoms with Crippen LogP contribution in [0.3, 0.4) is 0 Å². The summed E-state index contributed by atoms with van der Waals surface area (Å²) < 4.78 is 0. The Labute approximate surface area is 821 Å². The second-order valence-corrected chi connectivity index (χ2v) is 36.1. The molecule has 1 aliphatic rings. The number of rotatable bonds is 64. The van der Waals surface area contributed by atoms with Crippen molar-refractivity contribution in [2.24, 2.45) is 95.1 Å². The van der Waals surface area contributed by atoms with Crippen molar-refractivity contribution in [3.8, 4) is 11.5 Å². The van der Waals surface area contributed by atoms with Crippen LogP contribution in [0.4, 0.5) is 0 Å². The highest BCUT2D eigenvalue weighted by atomic mass is 32.2. The van der Waals surface area contributed by atoms with Crippen LogP contribution in [0.25, 0.3) is 0 Å². The van der Waals surface area contributed by atoms with Gasteiger partial charge in [-0.1, -0.05) is 72.2 Å². The predicted octanol–water partition coefficient (Wildman–Crippen LogP) is -8.05. The molecule has 786 valence electrons. The van der Waals surface area contributed by atoms with Gasteiger partial charge in [0.05, 0.1) is 25.0 Å². The van der Waals surface area contributed by atoms with E-state index in [4.69, 9.17) is 57.3 Å². The number of carboxylic acids is 2. The van der Waals surface area contributed by atoms with E-state index in [-0.39, 0.29) is 176 Å². The fraction of sp³-hybridized carbons (Fsp3) is 0.614. The minimum atomic E-state index is -1.92. The lowest BCUT2D eigenvalue weighted by atomic mass is 9.96. The standard InChI is InChI=1S/C88H145N29O23S/c1-11-45(6)67(115-79(134)60(39-49-22-26-51(119)27-23-49)112-72(127)54(18-13-32-100-86(93)94)104-71(126)53(17-12-31-99-85(91)92)105-75(130)58(37-43(2)3)111-77(132)62(42-66(122)123)109-70(125)47(8)103-69(124)46(7)89)81(136)113-61(41-65(90)121)76(131)106-56(30-36-141-10)74(129)110-59(38-44(4)5)78(133)116-68(48(9)118)82(137)108-57(20-15-34-102-88(97)98)83(138)117-35-16-21-64(117)80(135)107-55(19-14-33-101-87(95)96)73(128)114-63(84(139)140)40-50-24-28-52(120)29-25-50/h22-29,43-48,53-64,67-68,118-120H,11-21,30-42,89H2,1-10H3,(H2,90,121)(H,103,124)(H,104,126)(H,105,130)(H,106,131)(H,107,135)(H,108,137)(H,109,125)(H,110,129)(H,111,132)(H,112,127)(H,113,136)(H,114,128)(H,115,134)(H,116,133)(H,122,123)(H,139,140)(H4,91,92,99)(H4,93,94,100)(H4,95,96,101)(H4,97,98,102)/t45-,46-,47-,48+,53-,54-,55-,56-,57-,58-,59-,60-,61-,62-,63-,64-,67-,68-/m0/s1. The molecule has 1 aliphatic heterocycles. The third-order valence-electron chi connectivity index (χ3n) is 22.1. The van der Waals surface area contributed by atoms with Gasteiger partial charge >= 0.3 is 11.9 Å². The number of nitrogens with one attached hydrogen (secondary N) is 14. The maximum Gasteiger partial charge on any atom is 0.326 e. The number of aliphatic imine (C=N–C) groups is 4. The molecule has 16 amide bonds. The first kappa shape index (κ1) is 121. The molecule has 0 bridgehead atoms. The zero-order valence-electron chi connectivity index (χ0n) is 81.1. The number of aliphatic carboxylic acids is 2. The second kappa shape index (κ2) is 62.0. The monoisotopic (exact) mass is 2010 g/mol. The molecule has 0 radical (unpaired) electrons. The number of carbonyl (C=O) groups excluding carboxylic acids is 16. The van der Waals surface area contributed by atoms with E-state index in [0.717, 1.165) is 11.8 Å². The fourth-order valence-corrected chi connectivity index (χ4v) is 14.9. The van der Waals surface area contributed by atoms with Crippen LogP contribution in [0.2, 0.25) is 0 Å². The van der Waals surface area contributed by atoms with Gasteiger partial charge < -0.3 is 162 Å². The number of likely N-dealkylation sites (tertiary alicyclic amines) is 1. The van der Waals surface area contributed by atoms with E-state index in [9.17, 15) is 102 Å². The Morgan fingerprint density at radius 3 is 1.14 bits per heavy atom. The number of aliphatic hydroxyl groups is 1. The molecule has 0 aromatic heterocycles. The number of aromatic hydroxyl groups is 2. The van der Waals surface area contributed by atoms with Crippen molar-refractivity contribution in [2.45, 2.75) is 281 Å². The zero-order chi connectivity index (χ0) is 106. The highest BCUT2D eigenvalue weighted by Crippen LogP contribution is 2.23. The molecule has 2 aromatic carbocycles. The van der Waals surface area contributed by atoms with E-state index in [1.807, 2.05) is 0 Å². The molecule has 0 aliphatic carbocycles. The maximum absolute atomic E-state index is 15.2. The van der Waals surface area contributed by atoms with Gasteiger partial charge in [0, 0.05) is 45.6 Å². The van der Waals surface area contributed by atoms with Gasteiger partial charge in [-0.15, -0.1) is 0 Å². The maximum atomic E-state index is 15.2. The van der Waals surface area contributed by atoms with Crippen LogP contribution in [-0.2, 0) is 99.1 Å². The molecule has 1 fully saturated rings. The average Bonchev–Trinajstić information content (AvgIpc) is 1.70. The topological polar surface area (TPSA) is 890 Å². The molecule has 0 spiro atoms. The molecule has 0 unspecified atom stereocenters. The third kappa shape index (κ3) is 45.6. The summed E-state index contributed by atoms with van der Waals surface area (Å²) in [7, 11) is 0. The number of thioether (sulfide) groups is 1. The molecule has 3 rings (SSSR count). The molecule has 52 nitrogen and oxygen atoms in total. The summed E-state index contributed by atoms with van der Waals surface area (Å²) in [4.78, 5) is 271. The molecule has 1 saturated heterocycles. The van der Waals surface area contributed by atoms with Gasteiger partial charge in [-0.25, -0.2) is 4.79 Å². The van der Waals surface area contributed by atoms with Gasteiger partial charge in [0.2, 0.25) is 94.5 Å². The van der Waals surface area contributed by atoms with Gasteiger partial charge in [0.15, 0.2) is 23.8 Å². The summed E-state index contributed by atoms with van der Waals surface area (Å²) in [5.74, 6) is -22.3. The lowest BCUT2D eigenvalue weighted by Crippen LogP contribution is -2.62. The number of benzene rings is 2. The Hall–Kier alpha value is -14.1. The number of guanidine groups is 4. The lowest BCUT2D eigenvalue weighted by Gasteiger charge is -2.31. The van der Waals surface area contributed by atoms with Crippen LogP contribution in [0, 0.1) is 17.8 Å². The van der Waals surface area contributed by atoms with Gasteiger partial charge in [0.25, 0.3) is 0 Å². The fourth-order valence-electron chi connectivity index (χ4n) is 14.4. The molecule has 0 saturated carbocycles. The Bertz CT molecular complexity index is 4660. The van der Waals surface area contributed by atoms with Crippen molar-refractivity contribution in [2.75, 3.05) is 44.7 Å². The number of hydrogen-bond donors (Lipinski definition) is 29. The minimum Gasteiger partial charge on any atom is -0.508 e. The second-order valence-electron chi connectivity index (χ2n) is 35.2. The van der Waals surface area contributed by atoms with Crippen molar-refractivity contribution in [3.63, 3.8) is 0 Å². The van der Waals surface area contributed by atoms with E-state index < -0.39 is 240 Å². The molecule has 39 N–H and O–H groups in total. The first-order chi connectivity index (χ1) is 66.2. The number of hydrogen-bond acceptors (Lipinski definition) is 27. The number of aliphatic hydroxyl groups excluding tert-OH is 1. The van der Waals surface area contributed by atoms with Crippen molar-refractivity contribution in [3.05, 3.63) is 59.7 Å². The number of carboxylic acid groups (broad SMARTS) is 2. The minimum absolute atomic E-state index is 0.00864. The molecular formula is C88H145N29O23S. The highest BCUT2D eigenvalue weighted by Gasteiger charge is 2.43. The first-order valence-electron chi connectivity index (χ1n) is 46.2. The van der Waals surface area contributed by atoms with Gasteiger partial charge in [-0.3, -0.25) is 101 Å². The van der Waals surface area contributed by atoms with E-state index in [1.54, 1.807) is 40.9 Å². The Kier molecular flexibility index (Phi) is 53.2. The van der Waals surface area contributed by atoms with Crippen LogP contribution >= 0.6 is 11.8 Å². The van der Waals surface area contributed by atoms with Crippen LogP contribution < -0.4 is 132 Å². The number of phenols is 2. The number of phenolic OH excluding ortho intramolecular Hbond substituents is 2. The number of amides is 16. The summed E-state index contributed by atoms with van der Waals surface area (Å²) in [6.45, 7) is 13.2. The van der Waals surface area contributed by atoms with Gasteiger partial charge in [-0.05, 0) is 169 Å². The summed E-state index contributed by atoms with van der Waals surface area (Å²) in [6, 6.07) is -14.2. The van der Waals surface area contributed by atoms with E-state index >= 15 is 9.59 Å². The molecule has 53 heteroatoms. The van der Waals surface area contributed by atoms with Crippen molar-refractivity contribution >= 4 is 142 Å². The van der Waals surface area contributed by atoms with Crippen LogP contribution in [0.5, 0.6) is 11.5 Å². The normalized spacial score (nSPS) is 15.8. The smallest absolute Gasteiger partial charge is 0.326 e. The number of primary amides is 1. The first-order valence-corrected chi connectivity index (χ1v) is 47.6. The number of nitrogens with two attached hydrogens (primary N) is 10. The van der Waals surface area contributed by atoms with Crippen LogP contribution in [0.15, 0.2) is 68.5 Å².